The van der Waals surface area contributed by atoms with E-state index in [-0.39, 0.29) is 25.8 Å². The first kappa shape index (κ1) is 10.6. The molecule has 7 heavy (non-hydrogen) atoms. The Bertz CT molecular complexity index is 278. The van der Waals surface area contributed by atoms with Gasteiger partial charge in [-0.1, -0.05) is 0 Å². The fourth-order valence-corrected chi connectivity index (χ4v) is 0. The van der Waals surface area contributed by atoms with E-state index in [1.54, 1.807) is 0 Å². The van der Waals surface area contributed by atoms with Gasteiger partial charge in [-0.2, -0.15) is 0 Å². The average molecular weight is 379 g/mol. The Kier molecular flexibility index (Phi) is 2.79. The van der Waals surface area contributed by atoms with Crippen molar-refractivity contribution in [3.8, 4) is 0 Å². The average Bonchev–Trinajstić information content (AvgIpc) is 0.650. The third kappa shape index (κ3) is 377. The second-order valence-electron chi connectivity index (χ2n) is 0.745. The van der Waals surface area contributed by atoms with Gasteiger partial charge in [0.05, 0.1) is 0 Å². The molecular weight excluding hydrogens is 376 g/mol. The molecule has 0 bridgehead atoms. The van der Waals surface area contributed by atoms with Crippen LogP contribution >= 0.6 is 0 Å². The maximum absolute atomic E-state index is 8.67. The summed E-state index contributed by atoms with van der Waals surface area (Å²) in [6, 6.07) is 0. The van der Waals surface area contributed by atoms with Crippen LogP contribution in [0.25, 0.3) is 0 Å². The van der Waals surface area contributed by atoms with Gasteiger partial charge in [0.15, 0.2) is 0 Å². The first-order valence-electron chi connectivity index (χ1n) is 0.913. The van der Waals surface area contributed by atoms with Crippen molar-refractivity contribution < 1.29 is 31.9 Å². The molecule has 7 heteroatoms. The quantitative estimate of drug-likeness (QED) is 0.497. The Labute approximate surface area is 57.5 Å². The van der Waals surface area contributed by atoms with Crippen molar-refractivity contribution in [2.75, 3.05) is 0 Å². The van der Waals surface area contributed by atoms with Gasteiger partial charge in [-0.25, -0.2) is 0 Å². The first-order valence-corrected chi connectivity index (χ1v) is 7.47. The van der Waals surface area contributed by atoms with Crippen LogP contribution in [0.5, 0.6) is 0 Å². The van der Waals surface area contributed by atoms with Crippen molar-refractivity contribution in [3.63, 3.8) is 0 Å². The molecule has 0 fully saturated rings. The molecular formula is H3InO5Ta. The molecule has 0 aromatic carbocycles. The molecule has 0 saturated carbocycles. The standard InChI is InChI=1S/In.5O.Ta.3H. The van der Waals surface area contributed by atoms with E-state index in [2.05, 4.69) is 0 Å². The SMILES string of the molecule is [InH3].[O]=[Ta](=[O])(=[O])(=[O])=[O]. The van der Waals surface area contributed by atoms with Gasteiger partial charge in [0.25, 0.3) is 0 Å². The summed E-state index contributed by atoms with van der Waals surface area (Å²) in [6.07, 6.45) is 0. The summed E-state index contributed by atoms with van der Waals surface area (Å²) in [6.45, 7) is 0. The molecule has 0 aliphatic carbocycles. The van der Waals surface area contributed by atoms with E-state index >= 15 is 0 Å². The van der Waals surface area contributed by atoms with Gasteiger partial charge in [-0.3, -0.25) is 0 Å². The van der Waals surface area contributed by atoms with Crippen molar-refractivity contribution in [1.82, 2.24) is 0 Å². The van der Waals surface area contributed by atoms with Gasteiger partial charge in [0.1, 0.15) is 0 Å². The van der Waals surface area contributed by atoms with E-state index < -0.39 is 15.7 Å². The molecule has 0 aliphatic heterocycles. The molecule has 0 amide bonds. The predicted octanol–water partition coefficient (Wildman–Crippen LogP) is -1.78. The zero-order chi connectivity index (χ0) is 5.45. The van der Waals surface area contributed by atoms with E-state index in [4.69, 9.17) is 16.3 Å². The number of rotatable bonds is 0. The van der Waals surface area contributed by atoms with Gasteiger partial charge in [-0.05, 0) is 0 Å². The van der Waals surface area contributed by atoms with Crippen LogP contribution in [0, 0.1) is 0 Å². The summed E-state index contributed by atoms with van der Waals surface area (Å²) < 4.78 is 43.4. The van der Waals surface area contributed by atoms with Crippen LogP contribution in [0.1, 0.15) is 0 Å². The molecule has 0 atom stereocenters. The van der Waals surface area contributed by atoms with Crippen LogP contribution in [-0.2, 0) is 31.9 Å². The third-order valence-corrected chi connectivity index (χ3v) is 0. The van der Waals surface area contributed by atoms with E-state index in [1.807, 2.05) is 0 Å². The summed E-state index contributed by atoms with van der Waals surface area (Å²) in [5.41, 5.74) is 0. The van der Waals surface area contributed by atoms with Crippen molar-refractivity contribution in [1.29, 1.82) is 0 Å². The molecule has 0 spiro atoms. The summed E-state index contributed by atoms with van der Waals surface area (Å²) in [7, 11) is 0. The third-order valence-electron chi connectivity index (χ3n) is 0. The molecule has 0 saturated heterocycles. The van der Waals surface area contributed by atoms with Gasteiger partial charge in [0.2, 0.25) is 0 Å². The summed E-state index contributed by atoms with van der Waals surface area (Å²) in [4.78, 5) is 0. The van der Waals surface area contributed by atoms with Crippen molar-refractivity contribution in [2.24, 2.45) is 0 Å². The van der Waals surface area contributed by atoms with Crippen molar-refractivity contribution in [2.45, 2.75) is 0 Å². The Morgan fingerprint density at radius 2 is 0.714 bits per heavy atom. The zero-order valence-corrected chi connectivity index (χ0v) is 5.70. The first-order chi connectivity index (χ1) is 2.24. The fourth-order valence-electron chi connectivity index (χ4n) is 0. The molecule has 0 unspecified atom stereocenters. The summed E-state index contributed by atoms with van der Waals surface area (Å²) >= 11 is -8.05. The van der Waals surface area contributed by atoms with E-state index in [9.17, 15) is 0 Å². The van der Waals surface area contributed by atoms with Crippen LogP contribution in [-0.4, -0.2) is 25.8 Å². The Morgan fingerprint density at radius 1 is 0.714 bits per heavy atom. The topological polar surface area (TPSA) is 85.3 Å². The Balaban J connectivity index is 0. The molecule has 0 heterocycles. The predicted molar refractivity (Wildman–Crippen MR) is 13.4 cm³/mol. The van der Waals surface area contributed by atoms with Crippen LogP contribution in [0.15, 0.2) is 0 Å². The van der Waals surface area contributed by atoms with Crippen LogP contribution < -0.4 is 0 Å². The molecule has 0 aliphatic rings. The summed E-state index contributed by atoms with van der Waals surface area (Å²) in [5.74, 6) is 0. The molecule has 0 N–H and O–H groups in total. The van der Waals surface area contributed by atoms with Gasteiger partial charge >= 0.3 is 57.8 Å². The number of hydrogen-bond donors (Lipinski definition) is 0. The van der Waals surface area contributed by atoms with Gasteiger partial charge < -0.3 is 0 Å². The minimum absolute atomic E-state index is 0. The molecule has 41 valence electrons. The molecule has 0 radical (unpaired) electrons. The minimum atomic E-state index is -8.05. The molecule has 0 aromatic heterocycles. The normalized spacial score (nSPS) is 8.57. The Hall–Kier alpha value is 0.610. The fraction of sp³-hybridized carbons (Fsp3) is 0. The monoisotopic (exact) mass is 379 g/mol. The summed E-state index contributed by atoms with van der Waals surface area (Å²) in [5, 5.41) is 0. The maximum atomic E-state index is 8.67. The van der Waals surface area contributed by atoms with Gasteiger partial charge in [-0.15, -0.1) is 0 Å². The van der Waals surface area contributed by atoms with Crippen LogP contribution in [0.2, 0.25) is 0 Å². The van der Waals surface area contributed by atoms with E-state index in [0.29, 0.717) is 0 Å². The zero-order valence-electron chi connectivity index (χ0n) is 2.49. The second-order valence-corrected chi connectivity index (χ2v) is 6.10. The van der Waals surface area contributed by atoms with E-state index in [1.165, 1.54) is 0 Å². The van der Waals surface area contributed by atoms with Crippen molar-refractivity contribution in [3.05, 3.63) is 0 Å². The molecule has 0 aromatic rings. The Morgan fingerprint density at radius 3 is 0.714 bits per heavy atom. The van der Waals surface area contributed by atoms with Crippen molar-refractivity contribution >= 4 is 25.8 Å². The molecule has 0 rings (SSSR count). The second kappa shape index (κ2) is 1.85. The van der Waals surface area contributed by atoms with Gasteiger partial charge in [0, 0.05) is 0 Å². The molecule has 5 nitrogen and oxygen atoms in total. The van der Waals surface area contributed by atoms with E-state index in [0.717, 1.165) is 0 Å². The van der Waals surface area contributed by atoms with Crippen LogP contribution in [0.3, 0.4) is 0 Å². The number of hydrogen-bond acceptors (Lipinski definition) is 5. The van der Waals surface area contributed by atoms with Crippen LogP contribution in [0.4, 0.5) is 0 Å².